The number of hydrogen-bond acceptors (Lipinski definition) is 4. The van der Waals surface area contributed by atoms with Gasteiger partial charge < -0.3 is 4.84 Å². The highest BCUT2D eigenvalue weighted by Crippen LogP contribution is 2.08. The first-order chi connectivity index (χ1) is 9.38. The van der Waals surface area contributed by atoms with Crippen LogP contribution >= 0.6 is 0 Å². The van der Waals surface area contributed by atoms with E-state index >= 15 is 0 Å². The lowest BCUT2D eigenvalue weighted by molar-refractivity contribution is 0.158. The van der Waals surface area contributed by atoms with E-state index in [1.54, 1.807) is 6.92 Å². The van der Waals surface area contributed by atoms with Crippen molar-refractivity contribution < 1.29 is 13.3 Å². The van der Waals surface area contributed by atoms with Crippen LogP contribution in [-0.2, 0) is 14.9 Å². The van der Waals surface area contributed by atoms with Crippen molar-refractivity contribution in [3.63, 3.8) is 0 Å². The summed E-state index contributed by atoms with van der Waals surface area (Å²) in [4.78, 5) is 5.10. The largest absolute Gasteiger partial charge is 0.396 e. The molecule has 5 nitrogen and oxygen atoms in total. The highest BCUT2D eigenvalue weighted by atomic mass is 32.2. The van der Waals surface area contributed by atoms with E-state index in [2.05, 4.69) is 5.16 Å². The first-order valence-corrected chi connectivity index (χ1v) is 8.44. The molecule has 0 atom stereocenters. The van der Waals surface area contributed by atoms with E-state index in [1.165, 1.54) is 10.6 Å². The van der Waals surface area contributed by atoms with Crippen molar-refractivity contribution in [2.24, 2.45) is 5.16 Å². The Kier molecular flexibility index (Phi) is 6.16. The van der Waals surface area contributed by atoms with Gasteiger partial charge in [-0.05, 0) is 13.8 Å². The van der Waals surface area contributed by atoms with Crippen molar-refractivity contribution in [3.8, 4) is 0 Å². The molecule has 0 bridgehead atoms. The molecule has 6 heteroatoms. The molecule has 0 amide bonds. The standard InChI is InChI=1S/C14H22N2O3S/c1-5-16(20(4,17)18)11-14(15-19-6-2)13-9-7-12(3)8-10-13/h7-10H,5-6,11H2,1-4H3/b15-14-. The summed E-state index contributed by atoms with van der Waals surface area (Å²) in [5.74, 6) is 0. The first kappa shape index (κ1) is 16.7. The minimum Gasteiger partial charge on any atom is -0.396 e. The van der Waals surface area contributed by atoms with Crippen LogP contribution in [0.1, 0.15) is 25.0 Å². The molecule has 20 heavy (non-hydrogen) atoms. The van der Waals surface area contributed by atoms with E-state index in [0.717, 1.165) is 11.1 Å². The van der Waals surface area contributed by atoms with Crippen LogP contribution in [0.3, 0.4) is 0 Å². The fraction of sp³-hybridized carbons (Fsp3) is 0.500. The fourth-order valence-corrected chi connectivity index (χ4v) is 2.52. The Balaban J connectivity index is 3.04. The van der Waals surface area contributed by atoms with E-state index in [9.17, 15) is 8.42 Å². The van der Waals surface area contributed by atoms with Gasteiger partial charge in [0.15, 0.2) is 0 Å². The number of likely N-dealkylation sites (N-methyl/N-ethyl adjacent to an activating group) is 1. The van der Waals surface area contributed by atoms with Gasteiger partial charge in [-0.3, -0.25) is 0 Å². The number of oxime groups is 1. The fourth-order valence-electron chi connectivity index (χ4n) is 1.69. The summed E-state index contributed by atoms with van der Waals surface area (Å²) in [7, 11) is -3.25. The number of sulfonamides is 1. The Morgan fingerprint density at radius 1 is 1.25 bits per heavy atom. The maximum atomic E-state index is 11.7. The second kappa shape index (κ2) is 7.40. The Hall–Kier alpha value is -1.40. The summed E-state index contributed by atoms with van der Waals surface area (Å²) in [5, 5.41) is 4.05. The van der Waals surface area contributed by atoms with Crippen LogP contribution in [0, 0.1) is 6.92 Å². The van der Waals surface area contributed by atoms with Gasteiger partial charge in [0.05, 0.1) is 12.8 Å². The van der Waals surface area contributed by atoms with E-state index < -0.39 is 10.0 Å². The molecular weight excluding hydrogens is 276 g/mol. The van der Waals surface area contributed by atoms with Crippen LogP contribution in [0.5, 0.6) is 0 Å². The lowest BCUT2D eigenvalue weighted by atomic mass is 10.1. The molecule has 0 aliphatic carbocycles. The lowest BCUT2D eigenvalue weighted by Gasteiger charge is -2.18. The van der Waals surface area contributed by atoms with Gasteiger partial charge in [0, 0.05) is 12.1 Å². The van der Waals surface area contributed by atoms with Crippen LogP contribution in [0.15, 0.2) is 29.4 Å². The van der Waals surface area contributed by atoms with E-state index in [4.69, 9.17) is 4.84 Å². The summed E-state index contributed by atoms with van der Waals surface area (Å²) in [6.07, 6.45) is 1.20. The molecule has 0 aliphatic rings. The summed E-state index contributed by atoms with van der Waals surface area (Å²) >= 11 is 0. The van der Waals surface area contributed by atoms with Gasteiger partial charge in [-0.25, -0.2) is 8.42 Å². The minimum absolute atomic E-state index is 0.207. The second-order valence-electron chi connectivity index (χ2n) is 4.51. The highest BCUT2D eigenvalue weighted by molar-refractivity contribution is 7.88. The second-order valence-corrected chi connectivity index (χ2v) is 6.49. The summed E-state index contributed by atoms with van der Waals surface area (Å²) in [6, 6.07) is 7.77. The zero-order chi connectivity index (χ0) is 15.2. The minimum atomic E-state index is -3.25. The van der Waals surface area contributed by atoms with Crippen LogP contribution < -0.4 is 0 Å². The van der Waals surface area contributed by atoms with Crippen molar-refractivity contribution in [1.29, 1.82) is 0 Å². The van der Waals surface area contributed by atoms with Crippen LogP contribution in [0.4, 0.5) is 0 Å². The molecule has 0 fully saturated rings. The third-order valence-corrected chi connectivity index (χ3v) is 4.16. The van der Waals surface area contributed by atoms with Gasteiger partial charge in [-0.1, -0.05) is 41.9 Å². The molecule has 0 saturated heterocycles. The Morgan fingerprint density at radius 2 is 1.85 bits per heavy atom. The number of nitrogens with zero attached hydrogens (tertiary/aromatic N) is 2. The average Bonchev–Trinajstić information content (AvgIpc) is 2.39. The molecule has 0 N–H and O–H groups in total. The van der Waals surface area contributed by atoms with Gasteiger partial charge in [0.25, 0.3) is 0 Å². The molecular formula is C14H22N2O3S. The topological polar surface area (TPSA) is 59.0 Å². The maximum absolute atomic E-state index is 11.7. The van der Waals surface area contributed by atoms with Crippen molar-refractivity contribution in [2.75, 3.05) is 26.0 Å². The molecule has 0 saturated carbocycles. The van der Waals surface area contributed by atoms with Crippen molar-refractivity contribution in [2.45, 2.75) is 20.8 Å². The number of hydrogen-bond donors (Lipinski definition) is 0. The van der Waals surface area contributed by atoms with Crippen molar-refractivity contribution in [3.05, 3.63) is 35.4 Å². The molecule has 1 aromatic rings. The third kappa shape index (κ3) is 4.94. The Labute approximate surface area is 121 Å². The Morgan fingerprint density at radius 3 is 2.30 bits per heavy atom. The molecule has 1 aromatic carbocycles. The summed E-state index contributed by atoms with van der Waals surface area (Å²) in [6.45, 7) is 6.69. The van der Waals surface area contributed by atoms with Gasteiger partial charge in [0.2, 0.25) is 10.0 Å². The lowest BCUT2D eigenvalue weighted by Crippen LogP contribution is -2.35. The van der Waals surface area contributed by atoms with Gasteiger partial charge in [-0.2, -0.15) is 4.31 Å². The summed E-state index contributed by atoms with van der Waals surface area (Å²) < 4.78 is 24.7. The Bertz CT molecular complexity index is 550. The van der Waals surface area contributed by atoms with Crippen LogP contribution in [0.2, 0.25) is 0 Å². The van der Waals surface area contributed by atoms with Gasteiger partial charge in [-0.15, -0.1) is 0 Å². The molecule has 112 valence electrons. The quantitative estimate of drug-likeness (QED) is 0.571. The third-order valence-electron chi connectivity index (χ3n) is 2.84. The molecule has 0 aliphatic heterocycles. The van der Waals surface area contributed by atoms with Crippen LogP contribution in [-0.4, -0.2) is 44.4 Å². The molecule has 0 unspecified atom stereocenters. The average molecular weight is 298 g/mol. The SMILES string of the molecule is CCO/N=C(/CN(CC)S(C)(=O)=O)c1ccc(C)cc1. The summed E-state index contributed by atoms with van der Waals surface area (Å²) in [5.41, 5.74) is 2.62. The first-order valence-electron chi connectivity index (χ1n) is 6.59. The zero-order valence-electron chi connectivity index (χ0n) is 12.5. The smallest absolute Gasteiger partial charge is 0.211 e. The zero-order valence-corrected chi connectivity index (χ0v) is 13.3. The number of rotatable bonds is 7. The molecule has 0 radical (unpaired) electrons. The van der Waals surface area contributed by atoms with E-state index in [-0.39, 0.29) is 6.54 Å². The molecule has 1 rings (SSSR count). The van der Waals surface area contributed by atoms with Crippen LogP contribution in [0.25, 0.3) is 0 Å². The predicted molar refractivity (Wildman–Crippen MR) is 81.4 cm³/mol. The van der Waals surface area contributed by atoms with Gasteiger partial charge >= 0.3 is 0 Å². The van der Waals surface area contributed by atoms with Crippen molar-refractivity contribution in [1.82, 2.24) is 4.31 Å². The number of benzene rings is 1. The normalized spacial score (nSPS) is 12.8. The van der Waals surface area contributed by atoms with Gasteiger partial charge in [0.1, 0.15) is 12.3 Å². The van der Waals surface area contributed by atoms with E-state index in [1.807, 2.05) is 38.1 Å². The molecule has 0 heterocycles. The monoisotopic (exact) mass is 298 g/mol. The predicted octanol–water partition coefficient (Wildman–Crippen LogP) is 2.02. The van der Waals surface area contributed by atoms with Crippen molar-refractivity contribution >= 4 is 15.7 Å². The number of aryl methyl sites for hydroxylation is 1. The molecule has 0 spiro atoms. The molecule has 0 aromatic heterocycles. The maximum Gasteiger partial charge on any atom is 0.211 e. The highest BCUT2D eigenvalue weighted by Gasteiger charge is 2.18. The van der Waals surface area contributed by atoms with E-state index in [0.29, 0.717) is 18.9 Å².